The average Bonchev–Trinajstić information content (AvgIpc) is 3.09. The third-order valence-corrected chi connectivity index (χ3v) is 5.12. The normalized spacial score (nSPS) is 17.7. The molecule has 7 nitrogen and oxygen atoms in total. The molecule has 0 bridgehead atoms. The number of fused-ring (bicyclic) bond motifs is 2. The molecule has 0 radical (unpaired) electrons. The predicted octanol–water partition coefficient (Wildman–Crippen LogP) is 3.25. The zero-order valence-electron chi connectivity index (χ0n) is 14.9. The van der Waals surface area contributed by atoms with Gasteiger partial charge in [-0.1, -0.05) is 23.4 Å². The summed E-state index contributed by atoms with van der Waals surface area (Å²) in [5, 5.41) is 15.5. The lowest BCUT2D eigenvalue weighted by Gasteiger charge is -2.34. The first kappa shape index (κ1) is 16.0. The summed E-state index contributed by atoms with van der Waals surface area (Å²) in [6, 6.07) is 12.4. The molecule has 1 fully saturated rings. The number of hydrogen-bond donors (Lipinski definition) is 1. The van der Waals surface area contributed by atoms with Crippen LogP contribution in [-0.4, -0.2) is 41.2 Å². The van der Waals surface area contributed by atoms with Gasteiger partial charge >= 0.3 is 0 Å². The van der Waals surface area contributed by atoms with Crippen LogP contribution in [0.5, 0.6) is 0 Å². The summed E-state index contributed by atoms with van der Waals surface area (Å²) in [6.45, 7) is 4.36. The van der Waals surface area contributed by atoms with Crippen LogP contribution in [0.4, 0.5) is 11.6 Å². The molecule has 1 aliphatic heterocycles. The van der Waals surface area contributed by atoms with E-state index in [0.717, 1.165) is 39.6 Å². The number of rotatable bonds is 2. The van der Waals surface area contributed by atoms with Crippen molar-refractivity contribution in [1.82, 2.24) is 15.4 Å². The molecule has 0 unspecified atom stereocenters. The highest BCUT2D eigenvalue weighted by Crippen LogP contribution is 2.35. The van der Waals surface area contributed by atoms with Crippen molar-refractivity contribution < 1.29 is 9.26 Å². The molecule has 0 amide bonds. The molecule has 5 rings (SSSR count). The highest BCUT2D eigenvalue weighted by molar-refractivity contribution is 6.03. The Morgan fingerprint density at radius 2 is 2.15 bits per heavy atom. The van der Waals surface area contributed by atoms with Crippen LogP contribution in [0, 0.1) is 0 Å². The summed E-state index contributed by atoms with van der Waals surface area (Å²) in [7, 11) is 0. The van der Waals surface area contributed by atoms with Gasteiger partial charge in [0.25, 0.3) is 0 Å². The molecular weight excluding hydrogens is 342 g/mol. The van der Waals surface area contributed by atoms with E-state index in [2.05, 4.69) is 45.4 Å². The fraction of sp³-hybridized carbons (Fsp3) is 0.250. The van der Waals surface area contributed by atoms with Crippen molar-refractivity contribution in [3.05, 3.63) is 42.6 Å². The number of hydrogen-bond acceptors (Lipinski definition) is 7. The Labute approximate surface area is 155 Å². The highest BCUT2D eigenvalue weighted by atomic mass is 16.5. The molecule has 4 aromatic rings. The number of morpholine rings is 1. The molecule has 27 heavy (non-hydrogen) atoms. The summed E-state index contributed by atoms with van der Waals surface area (Å²) in [6.07, 6.45) is 1.80. The van der Waals surface area contributed by atoms with Gasteiger partial charge in [-0.05, 0) is 36.2 Å². The van der Waals surface area contributed by atoms with Gasteiger partial charge < -0.3 is 19.9 Å². The van der Waals surface area contributed by atoms with Crippen molar-refractivity contribution in [2.45, 2.75) is 13.0 Å². The monoisotopic (exact) mass is 361 g/mol. The fourth-order valence-electron chi connectivity index (χ4n) is 3.75. The molecule has 3 heterocycles. The molecule has 0 spiro atoms. The van der Waals surface area contributed by atoms with Gasteiger partial charge in [0.2, 0.25) is 0 Å². The minimum absolute atomic E-state index is 0.267. The fourth-order valence-corrected chi connectivity index (χ4v) is 3.75. The Kier molecular flexibility index (Phi) is 3.68. The lowest BCUT2D eigenvalue weighted by molar-refractivity contribution is 0.0986. The molecule has 1 atom stereocenters. The largest absolute Gasteiger partial charge is 0.380 e. The maximum atomic E-state index is 6.02. The van der Waals surface area contributed by atoms with Gasteiger partial charge in [-0.3, -0.25) is 0 Å². The van der Waals surface area contributed by atoms with Crippen molar-refractivity contribution >= 4 is 33.4 Å². The van der Waals surface area contributed by atoms with Gasteiger partial charge in [0.15, 0.2) is 17.2 Å². The van der Waals surface area contributed by atoms with Crippen LogP contribution >= 0.6 is 0 Å². The van der Waals surface area contributed by atoms with Crippen LogP contribution < -0.4 is 10.6 Å². The van der Waals surface area contributed by atoms with E-state index < -0.39 is 0 Å². The Hall–Kier alpha value is -3.19. The molecule has 0 saturated carbocycles. The lowest BCUT2D eigenvalue weighted by Crippen LogP contribution is -2.44. The summed E-state index contributed by atoms with van der Waals surface area (Å²) < 4.78 is 10.8. The molecule has 7 heteroatoms. The number of nitrogens with two attached hydrogens (primary N) is 1. The van der Waals surface area contributed by atoms with E-state index in [1.54, 1.807) is 6.20 Å². The average molecular weight is 361 g/mol. The first-order valence-corrected chi connectivity index (χ1v) is 8.96. The maximum absolute atomic E-state index is 6.02. The molecule has 2 N–H and O–H groups in total. The molecular formula is C20H19N5O2. The van der Waals surface area contributed by atoms with Gasteiger partial charge in [0.05, 0.1) is 30.8 Å². The topological polar surface area (TPSA) is 90.3 Å². The Morgan fingerprint density at radius 1 is 1.22 bits per heavy atom. The van der Waals surface area contributed by atoms with E-state index in [1.165, 1.54) is 0 Å². The number of nitrogen functional groups attached to an aromatic ring is 1. The molecule has 136 valence electrons. The number of anilines is 2. The minimum atomic E-state index is 0.267. The number of benzene rings is 2. The third kappa shape index (κ3) is 2.59. The molecule has 2 aromatic heterocycles. The zero-order chi connectivity index (χ0) is 18.4. The number of ether oxygens (including phenoxy) is 1. The summed E-state index contributed by atoms with van der Waals surface area (Å²) >= 11 is 0. The van der Waals surface area contributed by atoms with Gasteiger partial charge in [-0.2, -0.15) is 5.10 Å². The Morgan fingerprint density at radius 3 is 3.04 bits per heavy atom. The molecule has 1 aliphatic rings. The summed E-state index contributed by atoms with van der Waals surface area (Å²) in [4.78, 5) is 2.26. The summed E-state index contributed by atoms with van der Waals surface area (Å²) in [5.74, 6) is 1.30. The van der Waals surface area contributed by atoms with Crippen LogP contribution in [0.2, 0.25) is 0 Å². The smallest absolute Gasteiger partial charge is 0.175 e. The van der Waals surface area contributed by atoms with E-state index in [1.807, 2.05) is 18.2 Å². The number of aromatic nitrogens is 3. The minimum Gasteiger partial charge on any atom is -0.380 e. The quantitative estimate of drug-likeness (QED) is 0.586. The van der Waals surface area contributed by atoms with Crippen LogP contribution in [0.1, 0.15) is 6.92 Å². The first-order chi connectivity index (χ1) is 13.2. The Bertz CT molecular complexity index is 1140. The SMILES string of the molecule is C[C@H]1COCCN1c1nncc2cc(-c3cccc4onc(N)c34)ccc12. The van der Waals surface area contributed by atoms with Crippen molar-refractivity contribution in [1.29, 1.82) is 0 Å². The lowest BCUT2D eigenvalue weighted by atomic mass is 9.99. The zero-order valence-corrected chi connectivity index (χ0v) is 14.9. The second kappa shape index (κ2) is 6.21. The van der Waals surface area contributed by atoms with E-state index >= 15 is 0 Å². The van der Waals surface area contributed by atoms with Crippen molar-refractivity contribution in [2.24, 2.45) is 0 Å². The summed E-state index contributed by atoms with van der Waals surface area (Å²) in [5.41, 5.74) is 8.73. The van der Waals surface area contributed by atoms with Crippen LogP contribution in [0.15, 0.2) is 47.1 Å². The van der Waals surface area contributed by atoms with Gasteiger partial charge in [-0.25, -0.2) is 0 Å². The predicted molar refractivity (Wildman–Crippen MR) is 105 cm³/mol. The van der Waals surface area contributed by atoms with E-state index in [4.69, 9.17) is 15.0 Å². The highest BCUT2D eigenvalue weighted by Gasteiger charge is 2.22. The molecule has 0 aliphatic carbocycles. The van der Waals surface area contributed by atoms with Gasteiger partial charge in [0.1, 0.15) is 0 Å². The van der Waals surface area contributed by atoms with Crippen LogP contribution in [-0.2, 0) is 4.74 Å². The van der Waals surface area contributed by atoms with Crippen LogP contribution in [0.25, 0.3) is 32.9 Å². The maximum Gasteiger partial charge on any atom is 0.175 e. The van der Waals surface area contributed by atoms with Gasteiger partial charge in [0, 0.05) is 17.3 Å². The van der Waals surface area contributed by atoms with Crippen molar-refractivity contribution in [3.8, 4) is 11.1 Å². The second-order valence-electron chi connectivity index (χ2n) is 6.83. The van der Waals surface area contributed by atoms with Crippen LogP contribution in [0.3, 0.4) is 0 Å². The standard InChI is InChI=1S/C20H19N5O2/c1-12-11-26-8-7-25(12)20-16-6-5-13(9-14(16)10-22-23-20)15-3-2-4-17-18(15)19(21)24-27-17/h2-6,9-10,12H,7-8,11H2,1H3,(H2,21,24)/t12-/m0/s1. The number of nitrogens with zero attached hydrogens (tertiary/aromatic N) is 4. The second-order valence-corrected chi connectivity index (χ2v) is 6.83. The van der Waals surface area contributed by atoms with Gasteiger partial charge in [-0.15, -0.1) is 5.10 Å². The van der Waals surface area contributed by atoms with Crippen molar-refractivity contribution in [2.75, 3.05) is 30.4 Å². The van der Waals surface area contributed by atoms with Crippen molar-refractivity contribution in [3.63, 3.8) is 0 Å². The molecule has 2 aromatic carbocycles. The van der Waals surface area contributed by atoms with E-state index in [9.17, 15) is 0 Å². The first-order valence-electron chi connectivity index (χ1n) is 8.96. The third-order valence-electron chi connectivity index (χ3n) is 5.12. The molecule has 1 saturated heterocycles. The van der Waals surface area contributed by atoms with E-state index in [0.29, 0.717) is 24.6 Å². The van der Waals surface area contributed by atoms with E-state index in [-0.39, 0.29) is 6.04 Å². The Balaban J connectivity index is 1.65.